The van der Waals surface area contributed by atoms with Crippen LogP contribution in [0.15, 0.2) is 29.2 Å². The molecule has 23 heavy (non-hydrogen) atoms. The Kier molecular flexibility index (Phi) is 4.76. The molecule has 1 amide bonds. The highest BCUT2D eigenvalue weighted by atomic mass is 32.2. The Morgan fingerprint density at radius 3 is 2.43 bits per heavy atom. The summed E-state index contributed by atoms with van der Waals surface area (Å²) in [7, 11) is -3.75. The van der Waals surface area contributed by atoms with Gasteiger partial charge in [-0.25, -0.2) is 13.6 Å². The van der Waals surface area contributed by atoms with Gasteiger partial charge in [0, 0.05) is 12.1 Å². The van der Waals surface area contributed by atoms with Crippen molar-refractivity contribution in [3.63, 3.8) is 0 Å². The third kappa shape index (κ3) is 4.77. The summed E-state index contributed by atoms with van der Waals surface area (Å²) >= 11 is 0. The number of carbonyl (C=O) groups is 2. The molecule has 2 rings (SSSR count). The van der Waals surface area contributed by atoms with E-state index < -0.39 is 15.6 Å². The zero-order chi connectivity index (χ0) is 17.3. The number of amides is 1. The summed E-state index contributed by atoms with van der Waals surface area (Å²) in [6, 6.07) is 5.57. The van der Waals surface area contributed by atoms with Crippen molar-refractivity contribution in [1.82, 2.24) is 0 Å². The van der Waals surface area contributed by atoms with Crippen LogP contribution in [0.5, 0.6) is 0 Å². The van der Waals surface area contributed by atoms with Gasteiger partial charge in [-0.05, 0) is 51.0 Å². The molecule has 8 heteroatoms. The van der Waals surface area contributed by atoms with E-state index in [1.54, 1.807) is 0 Å². The number of rotatable bonds is 5. The van der Waals surface area contributed by atoms with Gasteiger partial charge in [0.05, 0.1) is 10.8 Å². The van der Waals surface area contributed by atoms with E-state index in [0.29, 0.717) is 18.5 Å². The van der Waals surface area contributed by atoms with Gasteiger partial charge in [-0.1, -0.05) is 0 Å². The van der Waals surface area contributed by atoms with Crippen LogP contribution in [0.2, 0.25) is 0 Å². The van der Waals surface area contributed by atoms with Crippen LogP contribution >= 0.6 is 0 Å². The molecule has 0 aliphatic carbocycles. The Bertz CT molecular complexity index is 710. The Hall–Kier alpha value is -1.93. The van der Waals surface area contributed by atoms with E-state index in [4.69, 9.17) is 9.88 Å². The summed E-state index contributed by atoms with van der Waals surface area (Å²) in [5, 5.41) is 7.66. The first-order chi connectivity index (χ1) is 10.6. The number of carbonyl (C=O) groups excluding carboxylic acids is 2. The average molecular weight is 340 g/mol. The highest BCUT2D eigenvalue weighted by Crippen LogP contribution is 2.33. The molecular weight excluding hydrogens is 320 g/mol. The zero-order valence-electron chi connectivity index (χ0n) is 13.0. The van der Waals surface area contributed by atoms with Crippen LogP contribution in [0.3, 0.4) is 0 Å². The number of esters is 1. The van der Waals surface area contributed by atoms with E-state index in [1.165, 1.54) is 24.3 Å². The number of ether oxygens (including phenoxy) is 1. The van der Waals surface area contributed by atoms with Crippen LogP contribution in [0.1, 0.15) is 33.1 Å². The number of primary sulfonamides is 1. The maximum absolute atomic E-state index is 11.9. The number of hydrogen-bond acceptors (Lipinski definition) is 5. The highest BCUT2D eigenvalue weighted by molar-refractivity contribution is 7.89. The van der Waals surface area contributed by atoms with Crippen molar-refractivity contribution in [2.45, 2.75) is 43.6 Å². The molecule has 126 valence electrons. The van der Waals surface area contributed by atoms with Gasteiger partial charge >= 0.3 is 5.97 Å². The van der Waals surface area contributed by atoms with Crippen LogP contribution < -0.4 is 10.5 Å². The number of cyclic esters (lactones) is 1. The van der Waals surface area contributed by atoms with Gasteiger partial charge in [-0.2, -0.15) is 0 Å². The molecule has 1 aromatic carbocycles. The lowest BCUT2D eigenvalue weighted by atomic mass is 9.93. The number of sulfonamides is 1. The van der Waals surface area contributed by atoms with E-state index in [2.05, 4.69) is 5.32 Å². The SMILES string of the molecule is CC1(C)C[C@H](CCC(=O)Nc2ccc(S(N)(=O)=O)cc2)C(=O)O1. The Labute approximate surface area is 135 Å². The third-order valence-corrected chi connectivity index (χ3v) is 4.56. The molecule has 1 atom stereocenters. The number of anilines is 1. The standard InChI is InChI=1S/C15H20N2O5S/c1-15(2)9-10(14(19)22-15)3-8-13(18)17-11-4-6-12(7-5-11)23(16,20)21/h4-7,10H,3,8-9H2,1-2H3,(H,17,18)(H2,16,20,21)/t10-/m0/s1. The molecule has 0 radical (unpaired) electrons. The summed E-state index contributed by atoms with van der Waals surface area (Å²) in [6.07, 6.45) is 1.21. The number of nitrogens with two attached hydrogens (primary N) is 1. The number of hydrogen-bond donors (Lipinski definition) is 2. The fraction of sp³-hybridized carbons (Fsp3) is 0.467. The Morgan fingerprint density at radius 2 is 1.96 bits per heavy atom. The molecule has 0 bridgehead atoms. The van der Waals surface area contributed by atoms with Crippen molar-refractivity contribution < 1.29 is 22.7 Å². The van der Waals surface area contributed by atoms with E-state index in [0.717, 1.165) is 0 Å². The third-order valence-electron chi connectivity index (χ3n) is 3.63. The monoisotopic (exact) mass is 340 g/mol. The van der Waals surface area contributed by atoms with Gasteiger partial charge in [-0.3, -0.25) is 9.59 Å². The maximum Gasteiger partial charge on any atom is 0.309 e. The minimum absolute atomic E-state index is 0.0218. The molecule has 1 aliphatic heterocycles. The molecule has 0 spiro atoms. The molecule has 0 aromatic heterocycles. The Balaban J connectivity index is 1.87. The molecular formula is C15H20N2O5S. The van der Waals surface area contributed by atoms with Crippen molar-refractivity contribution in [2.75, 3.05) is 5.32 Å². The smallest absolute Gasteiger partial charge is 0.309 e. The van der Waals surface area contributed by atoms with Gasteiger partial charge in [-0.15, -0.1) is 0 Å². The van der Waals surface area contributed by atoms with Crippen molar-refractivity contribution in [3.05, 3.63) is 24.3 Å². The van der Waals surface area contributed by atoms with Crippen LogP contribution in [0.4, 0.5) is 5.69 Å². The first-order valence-electron chi connectivity index (χ1n) is 7.22. The molecule has 1 aliphatic rings. The second kappa shape index (κ2) is 6.29. The molecule has 0 saturated carbocycles. The topological polar surface area (TPSA) is 116 Å². The van der Waals surface area contributed by atoms with Crippen LogP contribution in [-0.2, 0) is 24.3 Å². The van der Waals surface area contributed by atoms with E-state index in [-0.39, 0.29) is 29.1 Å². The number of benzene rings is 1. The fourth-order valence-electron chi connectivity index (χ4n) is 2.55. The van der Waals surface area contributed by atoms with E-state index in [1.807, 2.05) is 13.8 Å². The lowest BCUT2D eigenvalue weighted by molar-refractivity contribution is -0.148. The van der Waals surface area contributed by atoms with Crippen molar-refractivity contribution >= 4 is 27.6 Å². The fourth-order valence-corrected chi connectivity index (χ4v) is 3.07. The second-order valence-corrected chi connectivity index (χ2v) is 7.80. The first kappa shape index (κ1) is 17.4. The van der Waals surface area contributed by atoms with Gasteiger partial charge in [0.25, 0.3) is 0 Å². The summed E-state index contributed by atoms with van der Waals surface area (Å²) in [5.74, 6) is -0.772. The minimum atomic E-state index is -3.75. The van der Waals surface area contributed by atoms with Crippen molar-refractivity contribution in [1.29, 1.82) is 0 Å². The molecule has 0 unspecified atom stereocenters. The minimum Gasteiger partial charge on any atom is -0.459 e. The zero-order valence-corrected chi connectivity index (χ0v) is 13.9. The molecule has 3 N–H and O–H groups in total. The van der Waals surface area contributed by atoms with Crippen molar-refractivity contribution in [3.8, 4) is 0 Å². The van der Waals surface area contributed by atoms with Gasteiger partial charge in [0.2, 0.25) is 15.9 Å². The lowest BCUT2D eigenvalue weighted by Crippen LogP contribution is -2.17. The molecule has 1 fully saturated rings. The second-order valence-electron chi connectivity index (χ2n) is 6.24. The molecule has 1 heterocycles. The average Bonchev–Trinajstić information content (AvgIpc) is 2.68. The van der Waals surface area contributed by atoms with Crippen LogP contribution in [0, 0.1) is 5.92 Å². The molecule has 1 aromatic rings. The van der Waals surface area contributed by atoms with Gasteiger partial charge in [0.15, 0.2) is 0 Å². The summed E-state index contributed by atoms with van der Waals surface area (Å²) in [5.41, 5.74) is -0.00127. The summed E-state index contributed by atoms with van der Waals surface area (Å²) in [4.78, 5) is 23.6. The predicted octanol–water partition coefficient (Wildman–Crippen LogP) is 1.39. The Morgan fingerprint density at radius 1 is 1.35 bits per heavy atom. The molecule has 1 saturated heterocycles. The van der Waals surface area contributed by atoms with E-state index >= 15 is 0 Å². The summed E-state index contributed by atoms with van der Waals surface area (Å²) < 4.78 is 27.5. The maximum atomic E-state index is 11.9. The summed E-state index contributed by atoms with van der Waals surface area (Å²) in [6.45, 7) is 3.69. The first-order valence-corrected chi connectivity index (χ1v) is 8.77. The molecule has 7 nitrogen and oxygen atoms in total. The normalized spacial score (nSPS) is 20.1. The van der Waals surface area contributed by atoms with Gasteiger partial charge in [0.1, 0.15) is 5.60 Å². The van der Waals surface area contributed by atoms with Crippen molar-refractivity contribution in [2.24, 2.45) is 11.1 Å². The quantitative estimate of drug-likeness (QED) is 0.786. The van der Waals surface area contributed by atoms with E-state index in [9.17, 15) is 18.0 Å². The van der Waals surface area contributed by atoms with Crippen LogP contribution in [0.25, 0.3) is 0 Å². The largest absolute Gasteiger partial charge is 0.459 e. The van der Waals surface area contributed by atoms with Crippen LogP contribution in [-0.4, -0.2) is 25.9 Å². The highest BCUT2D eigenvalue weighted by Gasteiger charge is 2.39. The lowest BCUT2D eigenvalue weighted by Gasteiger charge is -2.14. The predicted molar refractivity (Wildman–Crippen MR) is 84.0 cm³/mol. The van der Waals surface area contributed by atoms with Gasteiger partial charge < -0.3 is 10.1 Å². The number of nitrogens with one attached hydrogen (secondary N) is 1.